The van der Waals surface area contributed by atoms with Crippen LogP contribution in [0.25, 0.3) is 11.0 Å². The molecule has 0 aliphatic carbocycles. The standard InChI is InChI=1S/C11H12N2O3S.C11H18N2O3S/c1-11(3-2-4-15-11)10(14)16-9-8-7(5-17-9)12-6-13-8;1-16-9(14)5-3-2-4-8-10-7(6-17-8)12-11(15)13-10/h5-6H,2-4H2,1H3,(H,12,13);7-8,10H,2-6H2,1H3,(H2,12,13,15)/t;7-,8-,10-/m.0/s1. The molecule has 3 N–H and O–H groups in total. The zero-order valence-corrected chi connectivity index (χ0v) is 20.9. The minimum Gasteiger partial charge on any atom is -0.469 e. The zero-order valence-electron chi connectivity index (χ0n) is 19.3. The number of aromatic nitrogens is 2. The smallest absolute Gasteiger partial charge is 0.344 e. The molecule has 0 bridgehead atoms. The number of carbonyl (C=O) groups excluding carboxylic acids is 3. The molecule has 34 heavy (non-hydrogen) atoms. The van der Waals surface area contributed by atoms with Gasteiger partial charge in [-0.1, -0.05) is 6.42 Å². The Morgan fingerprint density at radius 3 is 2.94 bits per heavy atom. The molecule has 2 amide bonds. The number of carbonyl (C=O) groups is 3. The van der Waals surface area contributed by atoms with Crippen molar-refractivity contribution in [2.75, 3.05) is 19.5 Å². The number of urea groups is 1. The van der Waals surface area contributed by atoms with E-state index in [1.165, 1.54) is 18.4 Å². The lowest BCUT2D eigenvalue weighted by molar-refractivity contribution is -0.154. The van der Waals surface area contributed by atoms with E-state index in [0.29, 0.717) is 35.3 Å². The Morgan fingerprint density at radius 1 is 1.32 bits per heavy atom. The van der Waals surface area contributed by atoms with Gasteiger partial charge in [-0.2, -0.15) is 11.8 Å². The molecular formula is C22H30N4O6S2. The monoisotopic (exact) mass is 510 g/mol. The minimum absolute atomic E-state index is 0.0418. The highest BCUT2D eigenvalue weighted by atomic mass is 32.2. The maximum atomic E-state index is 12.0. The number of H-pyrrole nitrogens is 1. The van der Waals surface area contributed by atoms with Crippen LogP contribution in [0, 0.1) is 0 Å². The molecule has 3 aliphatic rings. The number of hydrogen-bond donors (Lipinski definition) is 3. The predicted molar refractivity (Wildman–Crippen MR) is 129 cm³/mol. The van der Waals surface area contributed by atoms with Crippen LogP contribution in [0.1, 0.15) is 45.4 Å². The van der Waals surface area contributed by atoms with Crippen molar-refractivity contribution in [3.63, 3.8) is 0 Å². The molecule has 12 heteroatoms. The number of nitrogens with one attached hydrogen (secondary N) is 3. The first kappa shape index (κ1) is 24.8. The zero-order chi connectivity index (χ0) is 24.1. The Bertz CT molecular complexity index is 1020. The molecule has 2 aromatic heterocycles. The number of rotatable bonds is 7. The van der Waals surface area contributed by atoms with E-state index in [1.54, 1.807) is 13.3 Å². The molecule has 0 spiro atoms. The van der Waals surface area contributed by atoms with Gasteiger partial charge in [0.15, 0.2) is 5.60 Å². The summed E-state index contributed by atoms with van der Waals surface area (Å²) in [6, 6.07) is 0.517. The lowest BCUT2D eigenvalue weighted by Crippen LogP contribution is -2.37. The van der Waals surface area contributed by atoms with Crippen molar-refractivity contribution in [1.29, 1.82) is 0 Å². The van der Waals surface area contributed by atoms with Crippen LogP contribution in [0.3, 0.4) is 0 Å². The van der Waals surface area contributed by atoms with E-state index in [0.717, 1.165) is 37.0 Å². The Morgan fingerprint density at radius 2 is 2.18 bits per heavy atom. The number of methoxy groups -OCH3 is 1. The average molecular weight is 511 g/mol. The normalized spacial score (nSPS) is 27.5. The summed E-state index contributed by atoms with van der Waals surface area (Å²) in [4.78, 5) is 41.2. The van der Waals surface area contributed by atoms with E-state index in [2.05, 4.69) is 25.3 Å². The van der Waals surface area contributed by atoms with E-state index in [9.17, 15) is 14.4 Å². The first-order chi connectivity index (χ1) is 16.4. The number of nitrogens with zero attached hydrogens (tertiary/aromatic N) is 1. The molecule has 5 heterocycles. The SMILES string of the molecule is CC1(C(=O)Oc2scc3[nH]cnc23)CCCO1.COC(=O)CCCC[C@@H]1SC[C@@H]2NC(=O)N[C@@H]21. The molecule has 3 fully saturated rings. The molecule has 4 atom stereocenters. The molecule has 5 rings (SSSR count). The lowest BCUT2D eigenvalue weighted by Gasteiger charge is -2.19. The number of thioether (sulfide) groups is 1. The Kier molecular flexibility index (Phi) is 7.99. The first-order valence-electron chi connectivity index (χ1n) is 11.4. The quantitative estimate of drug-likeness (QED) is 0.294. The summed E-state index contributed by atoms with van der Waals surface area (Å²) in [6.45, 7) is 2.39. The maximum absolute atomic E-state index is 12.0. The van der Waals surface area contributed by atoms with Gasteiger partial charge in [0.05, 0.1) is 31.0 Å². The van der Waals surface area contributed by atoms with E-state index in [1.807, 2.05) is 17.1 Å². The van der Waals surface area contributed by atoms with Gasteiger partial charge >= 0.3 is 18.0 Å². The van der Waals surface area contributed by atoms with Crippen LogP contribution in [0.15, 0.2) is 11.7 Å². The van der Waals surface area contributed by atoms with Crippen molar-refractivity contribution >= 4 is 52.1 Å². The molecule has 1 unspecified atom stereocenters. The fourth-order valence-electron chi connectivity index (χ4n) is 4.29. The molecule has 0 radical (unpaired) electrons. The number of esters is 2. The Balaban J connectivity index is 0.000000161. The average Bonchev–Trinajstić information content (AvgIpc) is 3.62. The fourth-order valence-corrected chi connectivity index (χ4v) is 6.64. The van der Waals surface area contributed by atoms with Gasteiger partial charge in [0.1, 0.15) is 5.52 Å². The van der Waals surface area contributed by atoms with Crippen LogP contribution < -0.4 is 15.4 Å². The molecule has 0 saturated carbocycles. The number of amides is 2. The van der Waals surface area contributed by atoms with Crippen LogP contribution in [0.2, 0.25) is 0 Å². The summed E-state index contributed by atoms with van der Waals surface area (Å²) in [5, 5.41) is 8.77. The van der Waals surface area contributed by atoms with Crippen molar-refractivity contribution in [3.8, 4) is 5.06 Å². The predicted octanol–water partition coefficient (Wildman–Crippen LogP) is 2.98. The molecule has 0 aromatic carbocycles. The second-order valence-electron chi connectivity index (χ2n) is 8.70. The van der Waals surface area contributed by atoms with Crippen molar-refractivity contribution in [3.05, 3.63) is 11.7 Å². The van der Waals surface area contributed by atoms with Gasteiger partial charge in [-0.25, -0.2) is 14.6 Å². The van der Waals surface area contributed by atoms with E-state index in [-0.39, 0.29) is 30.1 Å². The highest BCUT2D eigenvalue weighted by molar-refractivity contribution is 8.00. The van der Waals surface area contributed by atoms with Crippen LogP contribution in [0.5, 0.6) is 5.06 Å². The first-order valence-corrected chi connectivity index (χ1v) is 13.3. The van der Waals surface area contributed by atoms with Crippen molar-refractivity contribution < 1.29 is 28.6 Å². The van der Waals surface area contributed by atoms with E-state index < -0.39 is 5.60 Å². The molecular weight excluding hydrogens is 480 g/mol. The van der Waals surface area contributed by atoms with Gasteiger partial charge in [-0.3, -0.25) is 4.79 Å². The van der Waals surface area contributed by atoms with Crippen LogP contribution in [-0.4, -0.2) is 70.3 Å². The fraction of sp³-hybridized carbons (Fsp3) is 0.636. The molecule has 3 saturated heterocycles. The third-order valence-electron chi connectivity index (χ3n) is 6.27. The number of thiophene rings is 1. The second kappa shape index (κ2) is 11.0. The topological polar surface area (TPSA) is 132 Å². The Labute approximate surface area is 205 Å². The van der Waals surface area contributed by atoms with Crippen molar-refractivity contribution in [2.24, 2.45) is 0 Å². The number of imidazole rings is 1. The second-order valence-corrected chi connectivity index (χ2v) is 10.8. The van der Waals surface area contributed by atoms with Gasteiger partial charge in [0.25, 0.3) is 0 Å². The number of hydrogen-bond acceptors (Lipinski definition) is 9. The summed E-state index contributed by atoms with van der Waals surface area (Å²) >= 11 is 3.27. The van der Waals surface area contributed by atoms with Gasteiger partial charge in [-0.05, 0) is 32.6 Å². The van der Waals surface area contributed by atoms with Gasteiger partial charge in [0.2, 0.25) is 5.06 Å². The molecule has 2 aromatic rings. The van der Waals surface area contributed by atoms with Gasteiger partial charge in [0, 0.05) is 29.4 Å². The maximum Gasteiger partial charge on any atom is 0.344 e. The van der Waals surface area contributed by atoms with Gasteiger partial charge < -0.3 is 29.8 Å². The summed E-state index contributed by atoms with van der Waals surface area (Å²) in [6.07, 6.45) is 6.60. The number of unbranched alkanes of at least 4 members (excludes halogenated alkanes) is 1. The molecule has 3 aliphatic heterocycles. The van der Waals surface area contributed by atoms with E-state index in [4.69, 9.17) is 9.47 Å². The number of aromatic amines is 1. The summed E-state index contributed by atoms with van der Waals surface area (Å²) in [7, 11) is 1.42. The number of ether oxygens (including phenoxy) is 3. The summed E-state index contributed by atoms with van der Waals surface area (Å²) in [5.41, 5.74) is 0.785. The summed E-state index contributed by atoms with van der Waals surface area (Å²) < 4.78 is 15.4. The highest BCUT2D eigenvalue weighted by Gasteiger charge is 2.42. The minimum atomic E-state index is -0.799. The van der Waals surface area contributed by atoms with Crippen LogP contribution in [-0.2, 0) is 19.1 Å². The van der Waals surface area contributed by atoms with Crippen molar-refractivity contribution in [1.82, 2.24) is 20.6 Å². The Hall–Kier alpha value is -2.31. The third-order valence-corrected chi connectivity index (χ3v) is 8.62. The van der Waals surface area contributed by atoms with Crippen LogP contribution >= 0.6 is 23.1 Å². The largest absolute Gasteiger partial charge is 0.469 e. The lowest BCUT2D eigenvalue weighted by atomic mass is 10.0. The highest BCUT2D eigenvalue weighted by Crippen LogP contribution is 2.34. The molecule has 186 valence electrons. The number of fused-ring (bicyclic) bond motifs is 2. The van der Waals surface area contributed by atoms with E-state index >= 15 is 0 Å². The molecule has 10 nitrogen and oxygen atoms in total. The van der Waals surface area contributed by atoms with Crippen molar-refractivity contribution in [2.45, 2.75) is 68.4 Å². The third kappa shape index (κ3) is 5.66. The van der Waals surface area contributed by atoms with Crippen LogP contribution in [0.4, 0.5) is 4.79 Å². The van der Waals surface area contributed by atoms with Gasteiger partial charge in [-0.15, -0.1) is 11.3 Å². The summed E-state index contributed by atoms with van der Waals surface area (Å²) in [5.74, 6) is 0.518.